The van der Waals surface area contributed by atoms with Crippen LogP contribution in [0.25, 0.3) is 10.4 Å². The Morgan fingerprint density at radius 2 is 2.25 bits per heavy atom. The minimum Gasteiger partial charge on any atom is -0.362 e. The number of nitrogens with zero attached hydrogens (tertiary/aromatic N) is 1. The van der Waals surface area contributed by atoms with Crippen molar-refractivity contribution in [1.82, 2.24) is 4.98 Å². The average Bonchev–Trinajstić information content (AvgIpc) is 2.67. The number of hydrogen-bond acceptors (Lipinski definition) is 3. The second-order valence-electron chi connectivity index (χ2n) is 3.54. The van der Waals surface area contributed by atoms with Crippen molar-refractivity contribution >= 4 is 32.4 Å². The van der Waals surface area contributed by atoms with Gasteiger partial charge in [0.2, 0.25) is 0 Å². The van der Waals surface area contributed by atoms with Crippen molar-refractivity contribution in [2.75, 3.05) is 11.9 Å². The molecule has 4 heteroatoms. The SMILES string of the molecule is CCNc1ncc(-c2ccc(C)cc2Br)s1. The van der Waals surface area contributed by atoms with Gasteiger partial charge in [0, 0.05) is 22.8 Å². The monoisotopic (exact) mass is 296 g/mol. The van der Waals surface area contributed by atoms with E-state index in [0.717, 1.165) is 16.1 Å². The predicted octanol–water partition coefficient (Wildman–Crippen LogP) is 4.31. The first kappa shape index (κ1) is 11.6. The molecule has 0 aliphatic carbocycles. The van der Waals surface area contributed by atoms with E-state index in [-0.39, 0.29) is 0 Å². The number of benzene rings is 1. The van der Waals surface area contributed by atoms with Gasteiger partial charge in [-0.2, -0.15) is 0 Å². The molecular weight excluding hydrogens is 284 g/mol. The molecule has 16 heavy (non-hydrogen) atoms. The van der Waals surface area contributed by atoms with Gasteiger partial charge in [0.25, 0.3) is 0 Å². The van der Waals surface area contributed by atoms with Crippen molar-refractivity contribution in [3.63, 3.8) is 0 Å². The predicted molar refractivity (Wildman–Crippen MR) is 74.2 cm³/mol. The van der Waals surface area contributed by atoms with Crippen LogP contribution in [-0.4, -0.2) is 11.5 Å². The Morgan fingerprint density at radius 3 is 2.94 bits per heavy atom. The van der Waals surface area contributed by atoms with Gasteiger partial charge >= 0.3 is 0 Å². The standard InChI is InChI=1S/C12H13BrN2S/c1-3-14-12-15-7-11(16-12)9-5-4-8(2)6-10(9)13/h4-7H,3H2,1-2H3,(H,14,15). The summed E-state index contributed by atoms with van der Waals surface area (Å²) in [6, 6.07) is 6.37. The summed E-state index contributed by atoms with van der Waals surface area (Å²) in [6.07, 6.45) is 1.91. The molecule has 0 bridgehead atoms. The molecule has 0 spiro atoms. The van der Waals surface area contributed by atoms with E-state index in [1.165, 1.54) is 16.0 Å². The molecule has 0 fully saturated rings. The van der Waals surface area contributed by atoms with Gasteiger partial charge in [-0.3, -0.25) is 0 Å². The second kappa shape index (κ2) is 4.97. The summed E-state index contributed by atoms with van der Waals surface area (Å²) in [5.74, 6) is 0. The molecule has 1 N–H and O–H groups in total. The minimum atomic E-state index is 0.905. The van der Waals surface area contributed by atoms with Crippen LogP contribution in [0.4, 0.5) is 5.13 Å². The van der Waals surface area contributed by atoms with Crippen LogP contribution in [-0.2, 0) is 0 Å². The maximum Gasteiger partial charge on any atom is 0.183 e. The molecule has 0 saturated carbocycles. The molecule has 1 aromatic carbocycles. The van der Waals surface area contributed by atoms with Gasteiger partial charge < -0.3 is 5.32 Å². The highest BCUT2D eigenvalue weighted by atomic mass is 79.9. The van der Waals surface area contributed by atoms with Crippen molar-refractivity contribution in [3.05, 3.63) is 34.4 Å². The first-order valence-electron chi connectivity index (χ1n) is 5.17. The third-order valence-corrected chi connectivity index (χ3v) is 3.87. The summed E-state index contributed by atoms with van der Waals surface area (Å²) < 4.78 is 1.12. The molecule has 2 nitrogen and oxygen atoms in total. The maximum atomic E-state index is 4.33. The van der Waals surface area contributed by atoms with Crippen molar-refractivity contribution in [1.29, 1.82) is 0 Å². The third-order valence-electron chi connectivity index (χ3n) is 2.22. The van der Waals surface area contributed by atoms with E-state index >= 15 is 0 Å². The van der Waals surface area contributed by atoms with Crippen LogP contribution in [0.15, 0.2) is 28.9 Å². The summed E-state index contributed by atoms with van der Waals surface area (Å²) in [4.78, 5) is 5.52. The first-order chi connectivity index (χ1) is 7.70. The fourth-order valence-electron chi connectivity index (χ4n) is 1.45. The second-order valence-corrected chi connectivity index (χ2v) is 5.43. The minimum absolute atomic E-state index is 0.905. The lowest BCUT2D eigenvalue weighted by Crippen LogP contribution is -1.94. The summed E-state index contributed by atoms with van der Waals surface area (Å²) in [5, 5.41) is 4.20. The maximum absolute atomic E-state index is 4.33. The van der Waals surface area contributed by atoms with E-state index in [2.05, 4.69) is 58.3 Å². The zero-order chi connectivity index (χ0) is 11.5. The summed E-state index contributed by atoms with van der Waals surface area (Å²) in [7, 11) is 0. The van der Waals surface area contributed by atoms with Crippen molar-refractivity contribution in [2.45, 2.75) is 13.8 Å². The highest BCUT2D eigenvalue weighted by Gasteiger charge is 2.07. The van der Waals surface area contributed by atoms with Crippen LogP contribution in [0.1, 0.15) is 12.5 Å². The van der Waals surface area contributed by atoms with Gasteiger partial charge in [-0.15, -0.1) is 0 Å². The van der Waals surface area contributed by atoms with Gasteiger partial charge in [0.1, 0.15) is 0 Å². The van der Waals surface area contributed by atoms with Gasteiger partial charge in [-0.05, 0) is 25.5 Å². The highest BCUT2D eigenvalue weighted by Crippen LogP contribution is 2.34. The number of rotatable bonds is 3. The van der Waals surface area contributed by atoms with Gasteiger partial charge in [0.05, 0.1) is 4.88 Å². The van der Waals surface area contributed by atoms with Gasteiger partial charge in [-0.1, -0.05) is 39.4 Å². The molecule has 84 valence electrons. The lowest BCUT2D eigenvalue weighted by molar-refractivity contribution is 1.19. The summed E-state index contributed by atoms with van der Waals surface area (Å²) in [6.45, 7) is 5.07. The molecule has 2 aromatic rings. The third kappa shape index (κ3) is 2.44. The molecule has 0 amide bonds. The van der Waals surface area contributed by atoms with E-state index in [4.69, 9.17) is 0 Å². The fraction of sp³-hybridized carbons (Fsp3) is 0.250. The number of nitrogens with one attached hydrogen (secondary N) is 1. The summed E-state index contributed by atoms with van der Waals surface area (Å²) in [5.41, 5.74) is 2.46. The molecule has 0 aliphatic rings. The number of aryl methyl sites for hydroxylation is 1. The first-order valence-corrected chi connectivity index (χ1v) is 6.78. The van der Waals surface area contributed by atoms with E-state index in [0.29, 0.717) is 0 Å². The van der Waals surface area contributed by atoms with E-state index in [1.54, 1.807) is 11.3 Å². The van der Waals surface area contributed by atoms with E-state index < -0.39 is 0 Å². The quantitative estimate of drug-likeness (QED) is 0.913. The van der Waals surface area contributed by atoms with Crippen LogP contribution >= 0.6 is 27.3 Å². The Hall–Kier alpha value is -0.870. The van der Waals surface area contributed by atoms with Crippen LogP contribution in [0.3, 0.4) is 0 Å². The lowest BCUT2D eigenvalue weighted by atomic mass is 10.1. The number of thiazole rings is 1. The zero-order valence-corrected chi connectivity index (χ0v) is 11.7. The van der Waals surface area contributed by atoms with Crippen LogP contribution in [0, 0.1) is 6.92 Å². The highest BCUT2D eigenvalue weighted by molar-refractivity contribution is 9.10. The molecule has 0 radical (unpaired) electrons. The number of halogens is 1. The van der Waals surface area contributed by atoms with Crippen LogP contribution in [0.2, 0.25) is 0 Å². The molecule has 0 saturated heterocycles. The molecule has 1 heterocycles. The van der Waals surface area contributed by atoms with E-state index in [1.807, 2.05) is 6.20 Å². The van der Waals surface area contributed by atoms with Crippen molar-refractivity contribution in [2.24, 2.45) is 0 Å². The van der Waals surface area contributed by atoms with E-state index in [9.17, 15) is 0 Å². The molecule has 0 atom stereocenters. The van der Waals surface area contributed by atoms with Gasteiger partial charge in [0.15, 0.2) is 5.13 Å². The van der Waals surface area contributed by atoms with Crippen molar-refractivity contribution in [3.8, 4) is 10.4 Å². The largest absolute Gasteiger partial charge is 0.362 e. The molecule has 0 aliphatic heterocycles. The Balaban J connectivity index is 2.35. The molecule has 1 aromatic heterocycles. The smallest absolute Gasteiger partial charge is 0.183 e. The van der Waals surface area contributed by atoms with Gasteiger partial charge in [-0.25, -0.2) is 4.98 Å². The number of anilines is 1. The average molecular weight is 297 g/mol. The lowest BCUT2D eigenvalue weighted by Gasteiger charge is -2.01. The molecule has 2 rings (SSSR count). The summed E-state index contributed by atoms with van der Waals surface area (Å²) >= 11 is 5.27. The Labute approximate surface area is 108 Å². The number of aromatic nitrogens is 1. The molecule has 0 unspecified atom stereocenters. The number of hydrogen-bond donors (Lipinski definition) is 1. The van der Waals surface area contributed by atoms with Crippen LogP contribution < -0.4 is 5.32 Å². The fourth-order valence-corrected chi connectivity index (χ4v) is 3.21. The van der Waals surface area contributed by atoms with Crippen molar-refractivity contribution < 1.29 is 0 Å². The van der Waals surface area contributed by atoms with Crippen LogP contribution in [0.5, 0.6) is 0 Å². The molecular formula is C12H13BrN2S. The Morgan fingerprint density at radius 1 is 1.44 bits per heavy atom. The Kier molecular flexibility index (Phi) is 3.61. The topological polar surface area (TPSA) is 24.9 Å². The zero-order valence-electron chi connectivity index (χ0n) is 9.25. The normalized spacial score (nSPS) is 10.4. The Bertz CT molecular complexity index is 494.